The summed E-state index contributed by atoms with van der Waals surface area (Å²) in [4.78, 5) is 50.0. The monoisotopic (exact) mass is 750 g/mol. The van der Waals surface area contributed by atoms with Crippen LogP contribution in [0.25, 0.3) is 11.2 Å². The summed E-state index contributed by atoms with van der Waals surface area (Å²) in [6, 6.07) is 18.6. The van der Waals surface area contributed by atoms with Crippen LogP contribution in [0, 0.1) is 6.92 Å². The van der Waals surface area contributed by atoms with E-state index in [2.05, 4.69) is 19.9 Å². The average molecular weight is 751 g/mol. The Morgan fingerprint density at radius 3 is 2.25 bits per heavy atom. The van der Waals surface area contributed by atoms with Gasteiger partial charge in [-0.1, -0.05) is 60.7 Å². The van der Waals surface area contributed by atoms with E-state index >= 15 is 4.57 Å². The lowest BCUT2D eigenvalue weighted by molar-refractivity contribution is -0.0555. The molecule has 0 bridgehead atoms. The van der Waals surface area contributed by atoms with Crippen LogP contribution < -0.4 is 22.5 Å². The number of aromatic amines is 2. The minimum absolute atomic E-state index is 0.00665. The number of nitrogens with two attached hydrogens (primary N) is 1. The number of anilines is 1. The van der Waals surface area contributed by atoms with Crippen molar-refractivity contribution in [3.05, 3.63) is 121 Å². The van der Waals surface area contributed by atoms with Crippen LogP contribution in [0.1, 0.15) is 42.0 Å². The molecule has 53 heavy (non-hydrogen) atoms. The molecule has 7 rings (SSSR count). The smallest absolute Gasteiger partial charge is 0.394 e. The molecular weight excluding hydrogens is 711 g/mol. The van der Waals surface area contributed by atoms with Crippen molar-refractivity contribution in [3.63, 3.8) is 0 Å². The van der Waals surface area contributed by atoms with Gasteiger partial charge in [-0.15, -0.1) is 0 Å². The molecule has 0 spiro atoms. The third kappa shape index (κ3) is 7.81. The van der Waals surface area contributed by atoms with Gasteiger partial charge in [0.2, 0.25) is 5.95 Å². The van der Waals surface area contributed by atoms with Crippen molar-refractivity contribution in [2.24, 2.45) is 0 Å². The first kappa shape index (κ1) is 36.6. The summed E-state index contributed by atoms with van der Waals surface area (Å²) in [5.74, 6) is -0.122. The number of aromatic nitrogens is 6. The topological polar surface area (TPSA) is 242 Å². The van der Waals surface area contributed by atoms with Crippen LogP contribution in [0.5, 0.6) is 0 Å². The summed E-state index contributed by atoms with van der Waals surface area (Å²) in [6.45, 7) is 0.857. The number of imidazole rings is 1. The predicted molar refractivity (Wildman–Crippen MR) is 189 cm³/mol. The lowest BCUT2D eigenvalue weighted by Crippen LogP contribution is -2.34. The van der Waals surface area contributed by atoms with E-state index in [1.54, 1.807) is 11.6 Å². The summed E-state index contributed by atoms with van der Waals surface area (Å²) in [5.41, 5.74) is 6.10. The Bertz CT molecular complexity index is 2240. The van der Waals surface area contributed by atoms with E-state index in [-0.39, 0.29) is 48.6 Å². The zero-order valence-electron chi connectivity index (χ0n) is 28.6. The van der Waals surface area contributed by atoms with Crippen LogP contribution in [-0.4, -0.2) is 81.6 Å². The van der Waals surface area contributed by atoms with Crippen LogP contribution in [0.3, 0.4) is 0 Å². The molecule has 5 heterocycles. The normalized spacial score (nSPS) is 24.2. The van der Waals surface area contributed by atoms with Crippen LogP contribution in [0.2, 0.25) is 0 Å². The van der Waals surface area contributed by atoms with E-state index < -0.39 is 74.6 Å². The van der Waals surface area contributed by atoms with E-state index in [4.69, 9.17) is 24.3 Å². The fraction of sp³-hybridized carbons (Fsp3) is 0.382. The molecule has 0 amide bonds. The maximum absolute atomic E-state index is 15.4. The van der Waals surface area contributed by atoms with Gasteiger partial charge in [-0.2, -0.15) is 9.65 Å². The third-order valence-corrected chi connectivity index (χ3v) is 11.2. The van der Waals surface area contributed by atoms with E-state index in [1.807, 2.05) is 60.7 Å². The summed E-state index contributed by atoms with van der Waals surface area (Å²) >= 11 is 0. The van der Waals surface area contributed by atoms with E-state index in [1.165, 1.54) is 21.7 Å². The molecule has 1 unspecified atom stereocenters. The lowest BCUT2D eigenvalue weighted by Gasteiger charge is -2.33. The number of nitrogen functional groups attached to an aromatic ring is 1. The molecule has 2 fully saturated rings. The highest BCUT2D eigenvalue weighted by Gasteiger charge is 2.46. The number of aliphatic hydroxyl groups is 2. The average Bonchev–Trinajstić information content (AvgIpc) is 3.86. The van der Waals surface area contributed by atoms with Gasteiger partial charge in [0.15, 0.2) is 11.2 Å². The van der Waals surface area contributed by atoms with Crippen molar-refractivity contribution in [3.8, 4) is 0 Å². The molecule has 7 atom stereocenters. The molecular formula is C34H39N8O10P. The number of benzene rings is 2. The highest BCUT2D eigenvalue weighted by Crippen LogP contribution is 2.57. The molecule has 2 saturated heterocycles. The Kier molecular flexibility index (Phi) is 10.6. The van der Waals surface area contributed by atoms with Gasteiger partial charge in [0.05, 0.1) is 25.6 Å². The number of fused-ring (bicyclic) bond motifs is 1. The van der Waals surface area contributed by atoms with Crippen molar-refractivity contribution < 1.29 is 33.3 Å². The zero-order valence-corrected chi connectivity index (χ0v) is 29.5. The van der Waals surface area contributed by atoms with Gasteiger partial charge in [-0.05, 0) is 18.1 Å². The van der Waals surface area contributed by atoms with Gasteiger partial charge >= 0.3 is 13.4 Å². The van der Waals surface area contributed by atoms with Gasteiger partial charge in [0.25, 0.3) is 11.1 Å². The van der Waals surface area contributed by atoms with Gasteiger partial charge in [-0.3, -0.25) is 37.7 Å². The van der Waals surface area contributed by atoms with Gasteiger partial charge in [0.1, 0.15) is 30.8 Å². The largest absolute Gasteiger partial charge is 0.409 e. The van der Waals surface area contributed by atoms with Crippen LogP contribution >= 0.6 is 7.75 Å². The second-order valence-electron chi connectivity index (χ2n) is 12.9. The van der Waals surface area contributed by atoms with Crippen LogP contribution in [-0.2, 0) is 36.2 Å². The highest BCUT2D eigenvalue weighted by molar-refractivity contribution is 7.51. The maximum atomic E-state index is 15.4. The Balaban J connectivity index is 1.20. The van der Waals surface area contributed by atoms with Crippen molar-refractivity contribution in [2.75, 3.05) is 18.9 Å². The molecule has 0 radical (unpaired) electrons. The first-order valence-electron chi connectivity index (χ1n) is 16.9. The quantitative estimate of drug-likeness (QED) is 0.108. The Labute approximate surface area is 301 Å². The second kappa shape index (κ2) is 15.3. The van der Waals surface area contributed by atoms with Gasteiger partial charge in [-0.25, -0.2) is 14.3 Å². The Morgan fingerprint density at radius 2 is 1.58 bits per heavy atom. The molecule has 2 aliphatic heterocycles. The second-order valence-corrected chi connectivity index (χ2v) is 14.9. The molecule has 5 aromatic rings. The van der Waals surface area contributed by atoms with Crippen molar-refractivity contribution in [2.45, 2.75) is 69.7 Å². The van der Waals surface area contributed by atoms with E-state index in [0.717, 1.165) is 11.1 Å². The molecule has 2 aromatic carbocycles. The number of nitrogens with one attached hydrogen (secondary N) is 2. The summed E-state index contributed by atoms with van der Waals surface area (Å²) in [6.07, 6.45) is -3.20. The van der Waals surface area contributed by atoms with Gasteiger partial charge in [0, 0.05) is 37.7 Å². The van der Waals surface area contributed by atoms with Crippen molar-refractivity contribution in [1.82, 2.24) is 33.7 Å². The SMILES string of the molecule is Cc1cn([C@H]2C[C@@H](O)[C@@H](COP(=O)(O[C@@H]3C[C@H](n4cnc5c(=O)[nH]c(N)nc54)O[C@@H]3CO)N(Cc3ccccc3)Cc3ccccc3)O2)c(=O)[nH]c1=O. The Hall–Kier alpha value is -4.78. The molecule has 19 heteroatoms. The summed E-state index contributed by atoms with van der Waals surface area (Å²) in [5, 5.41) is 21.5. The first-order chi connectivity index (χ1) is 25.5. The number of ether oxygens (including phenoxy) is 2. The number of rotatable bonds is 13. The number of aliphatic hydroxyl groups excluding tert-OH is 2. The number of hydrogen-bond donors (Lipinski definition) is 5. The molecule has 0 aliphatic carbocycles. The fourth-order valence-corrected chi connectivity index (χ4v) is 8.40. The number of hydrogen-bond acceptors (Lipinski definition) is 13. The molecule has 2 aliphatic rings. The standard InChI is InChI=1S/C34H39N8O10P/c1-20-14-41(34(47)39-31(20)45)27-12-23(44)26(51-27)18-49-53(48,40(15-21-8-4-2-5-9-21)16-22-10-6-3-7-11-22)52-24-13-28(50-25(24)17-43)42-19-36-29-30(42)37-33(35)38-32(29)46/h2-11,14,19,23-28,43-44H,12-13,15-18H2,1H3,(H,39,45,47)(H3,35,37,38,46)/t23-,24-,25-,26-,27-,28-,53?/m1/s1. The Morgan fingerprint density at radius 1 is 0.943 bits per heavy atom. The van der Waals surface area contributed by atoms with E-state index in [9.17, 15) is 24.6 Å². The first-order valence-corrected chi connectivity index (χ1v) is 18.4. The van der Waals surface area contributed by atoms with Gasteiger partial charge < -0.3 is 25.4 Å². The molecule has 3 aromatic heterocycles. The predicted octanol–water partition coefficient (Wildman–Crippen LogP) is 1.70. The number of H-pyrrole nitrogens is 2. The summed E-state index contributed by atoms with van der Waals surface area (Å²) in [7, 11) is -4.40. The molecule has 6 N–H and O–H groups in total. The third-order valence-electron chi connectivity index (χ3n) is 9.21. The van der Waals surface area contributed by atoms with Crippen LogP contribution in [0.4, 0.5) is 5.95 Å². The minimum Gasteiger partial charge on any atom is -0.394 e. The lowest BCUT2D eigenvalue weighted by atomic mass is 10.2. The number of nitrogens with zero attached hydrogens (tertiary/aromatic N) is 5. The summed E-state index contributed by atoms with van der Waals surface area (Å²) < 4.78 is 44.5. The minimum atomic E-state index is -4.40. The number of aryl methyl sites for hydroxylation is 1. The van der Waals surface area contributed by atoms with Crippen molar-refractivity contribution >= 4 is 24.9 Å². The molecule has 0 saturated carbocycles. The van der Waals surface area contributed by atoms with Crippen LogP contribution in [0.15, 0.2) is 87.6 Å². The maximum Gasteiger partial charge on any atom is 0.409 e. The fourth-order valence-electron chi connectivity index (χ4n) is 6.47. The van der Waals surface area contributed by atoms with E-state index in [0.29, 0.717) is 0 Å². The molecule has 280 valence electrons. The van der Waals surface area contributed by atoms with Crippen molar-refractivity contribution in [1.29, 1.82) is 0 Å². The molecule has 18 nitrogen and oxygen atoms in total. The zero-order chi connectivity index (χ0) is 37.3. The highest BCUT2D eigenvalue weighted by atomic mass is 31.2.